The van der Waals surface area contributed by atoms with E-state index < -0.39 is 36.8 Å². The van der Waals surface area contributed by atoms with Gasteiger partial charge in [-0.3, -0.25) is 0 Å². The summed E-state index contributed by atoms with van der Waals surface area (Å²) in [5, 5.41) is 31.6. The van der Waals surface area contributed by atoms with Gasteiger partial charge in [0.05, 0.1) is 6.61 Å². The number of nitrogens with one attached hydrogen (secondary N) is 2. The van der Waals surface area contributed by atoms with Crippen molar-refractivity contribution in [3.05, 3.63) is 16.2 Å². The molecule has 3 heterocycles. The molecule has 0 saturated carbocycles. The van der Waals surface area contributed by atoms with Gasteiger partial charge in [0.2, 0.25) is 0 Å². The number of hydrogen-bond acceptors (Lipinski definition) is 8. The van der Waals surface area contributed by atoms with Crippen LogP contribution in [0.5, 0.6) is 0 Å². The van der Waals surface area contributed by atoms with Crippen LogP contribution < -0.4 is 16.7 Å². The molecule has 0 bridgehead atoms. The van der Waals surface area contributed by atoms with Crippen LogP contribution in [0.4, 0.5) is 5.82 Å². The van der Waals surface area contributed by atoms with Gasteiger partial charge in [-0.15, -0.1) is 0 Å². The number of imidazole rings is 1. The molecule has 1 aromatic heterocycles. The predicted octanol–water partition coefficient (Wildman–Crippen LogP) is -3.12. The van der Waals surface area contributed by atoms with Gasteiger partial charge in [-0.05, 0) is 0 Å². The number of nitrogens with two attached hydrogens (primary N) is 1. The van der Waals surface area contributed by atoms with E-state index in [-0.39, 0.29) is 12.5 Å². The molecule has 20 heavy (non-hydrogen) atoms. The number of rotatable bonds is 2. The third-order valence-corrected chi connectivity index (χ3v) is 3.45. The van der Waals surface area contributed by atoms with Gasteiger partial charge in [0.15, 0.2) is 6.23 Å². The molecule has 0 radical (unpaired) electrons. The van der Waals surface area contributed by atoms with E-state index in [1.807, 2.05) is 0 Å². The Morgan fingerprint density at radius 2 is 2.20 bits per heavy atom. The lowest BCUT2D eigenvalue weighted by Crippen LogP contribution is -2.35. The maximum absolute atomic E-state index is 12.0. The standard InChI is InChI=1S/C10H15N5O5/c11-7-4-8(13-2-12-7)15(10(19)14-4)9-6(18)5(17)3(1-16)20-9/h3,5-6,9,13,16-18H,1-2H2,(H2,11,12)(H,14,19)/t3-,5-,6-,9-/m1/s1. The van der Waals surface area contributed by atoms with E-state index in [0.29, 0.717) is 11.5 Å². The van der Waals surface area contributed by atoms with Gasteiger partial charge in [0.25, 0.3) is 0 Å². The molecule has 110 valence electrons. The lowest BCUT2D eigenvalue weighted by atomic mass is 10.1. The highest BCUT2D eigenvalue weighted by Crippen LogP contribution is 2.31. The molecule has 7 N–H and O–H groups in total. The summed E-state index contributed by atoms with van der Waals surface area (Å²) in [6.07, 6.45) is -4.70. The van der Waals surface area contributed by atoms with Crippen LogP contribution in [-0.2, 0) is 4.74 Å². The number of amidine groups is 1. The summed E-state index contributed by atoms with van der Waals surface area (Å²) >= 11 is 0. The molecule has 4 atom stereocenters. The van der Waals surface area contributed by atoms with E-state index >= 15 is 0 Å². The SMILES string of the molecule is NC1=NCNc2c1[nH]c(=O)n2[C@@H]1O[C@H](CO)[C@@H](O)[C@H]1O. The summed E-state index contributed by atoms with van der Waals surface area (Å²) < 4.78 is 6.46. The third-order valence-electron chi connectivity index (χ3n) is 3.45. The fraction of sp³-hybridized carbons (Fsp3) is 0.600. The summed E-state index contributed by atoms with van der Waals surface area (Å²) in [5.74, 6) is 0.499. The van der Waals surface area contributed by atoms with Gasteiger partial charge in [0.1, 0.15) is 42.3 Å². The molecular formula is C10H15N5O5. The smallest absolute Gasteiger partial charge is 0.329 e. The fourth-order valence-corrected chi connectivity index (χ4v) is 2.42. The van der Waals surface area contributed by atoms with Crippen molar-refractivity contribution in [1.82, 2.24) is 9.55 Å². The van der Waals surface area contributed by atoms with Crippen molar-refractivity contribution in [2.45, 2.75) is 24.5 Å². The Morgan fingerprint density at radius 1 is 1.45 bits per heavy atom. The Kier molecular flexibility index (Phi) is 3.01. The first-order valence-electron chi connectivity index (χ1n) is 6.05. The second kappa shape index (κ2) is 4.59. The van der Waals surface area contributed by atoms with Crippen LogP contribution in [-0.4, -0.2) is 62.3 Å². The lowest BCUT2D eigenvalue weighted by molar-refractivity contribution is -0.0532. The molecule has 2 aliphatic rings. The Morgan fingerprint density at radius 3 is 2.85 bits per heavy atom. The van der Waals surface area contributed by atoms with Crippen molar-refractivity contribution in [2.75, 3.05) is 18.6 Å². The minimum atomic E-state index is -1.34. The zero-order valence-electron chi connectivity index (χ0n) is 10.4. The van der Waals surface area contributed by atoms with Crippen LogP contribution in [0, 0.1) is 0 Å². The molecule has 1 aromatic rings. The van der Waals surface area contributed by atoms with E-state index in [2.05, 4.69) is 15.3 Å². The summed E-state index contributed by atoms with van der Waals surface area (Å²) in [4.78, 5) is 18.4. The number of fused-ring (bicyclic) bond motifs is 1. The number of nitrogens with zero attached hydrogens (tertiary/aromatic N) is 2. The van der Waals surface area contributed by atoms with Gasteiger partial charge < -0.3 is 36.1 Å². The number of aromatic amines is 1. The summed E-state index contributed by atoms with van der Waals surface area (Å²) in [6, 6.07) is 0. The average Bonchev–Trinajstić information content (AvgIpc) is 2.90. The van der Waals surface area contributed by atoms with Crippen molar-refractivity contribution in [3.8, 4) is 0 Å². The van der Waals surface area contributed by atoms with Crippen LogP contribution in [0.3, 0.4) is 0 Å². The Hall–Kier alpha value is -1.88. The van der Waals surface area contributed by atoms with Crippen LogP contribution in [0.25, 0.3) is 0 Å². The molecular weight excluding hydrogens is 270 g/mol. The van der Waals surface area contributed by atoms with E-state index in [4.69, 9.17) is 15.6 Å². The van der Waals surface area contributed by atoms with Gasteiger partial charge in [-0.2, -0.15) is 0 Å². The first-order chi connectivity index (χ1) is 9.54. The number of aliphatic imine (C=N–C) groups is 1. The van der Waals surface area contributed by atoms with E-state index in [1.54, 1.807) is 0 Å². The van der Waals surface area contributed by atoms with Gasteiger partial charge in [0, 0.05) is 0 Å². The van der Waals surface area contributed by atoms with Crippen molar-refractivity contribution in [3.63, 3.8) is 0 Å². The predicted molar refractivity (Wildman–Crippen MR) is 67.3 cm³/mol. The average molecular weight is 285 g/mol. The lowest BCUT2D eigenvalue weighted by Gasteiger charge is -2.20. The normalized spacial score (nSPS) is 32.6. The maximum Gasteiger partial charge on any atom is 0.329 e. The van der Waals surface area contributed by atoms with E-state index in [1.165, 1.54) is 0 Å². The largest absolute Gasteiger partial charge is 0.394 e. The quantitative estimate of drug-likeness (QED) is 0.335. The molecule has 2 aliphatic heterocycles. The highest BCUT2D eigenvalue weighted by Gasteiger charge is 2.45. The van der Waals surface area contributed by atoms with Crippen molar-refractivity contribution in [1.29, 1.82) is 0 Å². The summed E-state index contributed by atoms with van der Waals surface area (Å²) in [6.45, 7) is -0.280. The zero-order valence-corrected chi connectivity index (χ0v) is 10.4. The molecule has 10 nitrogen and oxygen atoms in total. The molecule has 0 spiro atoms. The zero-order chi connectivity index (χ0) is 14.4. The fourth-order valence-electron chi connectivity index (χ4n) is 2.42. The van der Waals surface area contributed by atoms with E-state index in [9.17, 15) is 15.0 Å². The topological polar surface area (TPSA) is 158 Å². The van der Waals surface area contributed by atoms with Crippen molar-refractivity contribution >= 4 is 11.7 Å². The second-order valence-corrected chi connectivity index (χ2v) is 4.63. The van der Waals surface area contributed by atoms with Gasteiger partial charge in [-0.1, -0.05) is 0 Å². The molecule has 1 saturated heterocycles. The molecule has 10 heteroatoms. The number of aromatic nitrogens is 2. The highest BCUT2D eigenvalue weighted by molar-refractivity contribution is 6.01. The third kappa shape index (κ3) is 1.73. The number of anilines is 1. The Labute approximate surface area is 112 Å². The van der Waals surface area contributed by atoms with Crippen LogP contribution in [0.1, 0.15) is 11.9 Å². The minimum Gasteiger partial charge on any atom is -0.394 e. The minimum absolute atomic E-state index is 0.168. The first kappa shape index (κ1) is 13.1. The number of hydrogen-bond donors (Lipinski definition) is 6. The molecule has 0 unspecified atom stereocenters. The first-order valence-corrected chi connectivity index (χ1v) is 6.05. The van der Waals surface area contributed by atoms with Crippen molar-refractivity contribution in [2.24, 2.45) is 10.7 Å². The number of H-pyrrole nitrogens is 1. The van der Waals surface area contributed by atoms with Crippen molar-refractivity contribution < 1.29 is 20.1 Å². The second-order valence-electron chi connectivity index (χ2n) is 4.63. The number of aliphatic hydroxyl groups excluding tert-OH is 3. The molecule has 0 aliphatic carbocycles. The van der Waals surface area contributed by atoms with E-state index in [0.717, 1.165) is 4.57 Å². The molecule has 0 amide bonds. The Bertz CT molecular complexity index is 608. The molecule has 3 rings (SSSR count). The molecule has 1 fully saturated rings. The van der Waals surface area contributed by atoms with Crippen LogP contribution >= 0.6 is 0 Å². The van der Waals surface area contributed by atoms with Crippen LogP contribution in [0.2, 0.25) is 0 Å². The number of ether oxygens (including phenoxy) is 1. The number of aliphatic hydroxyl groups is 3. The summed E-state index contributed by atoms with van der Waals surface area (Å²) in [5.41, 5.74) is 5.42. The van der Waals surface area contributed by atoms with Crippen LogP contribution in [0.15, 0.2) is 9.79 Å². The molecule has 0 aromatic carbocycles. The summed E-state index contributed by atoms with van der Waals surface area (Å²) in [7, 11) is 0. The Balaban J connectivity index is 2.04. The highest BCUT2D eigenvalue weighted by atomic mass is 16.6. The maximum atomic E-state index is 12.0. The monoisotopic (exact) mass is 285 g/mol. The van der Waals surface area contributed by atoms with Gasteiger partial charge >= 0.3 is 5.69 Å². The van der Waals surface area contributed by atoms with Gasteiger partial charge in [-0.25, -0.2) is 14.4 Å².